The molecule has 0 amide bonds. The molecule has 0 aromatic heterocycles. The van der Waals surface area contributed by atoms with Gasteiger partial charge >= 0.3 is 17.9 Å². The first-order chi connectivity index (χ1) is 38.5. The predicted molar refractivity (Wildman–Crippen MR) is 339 cm³/mol. The van der Waals surface area contributed by atoms with Crippen molar-refractivity contribution in [2.24, 2.45) is 0 Å². The van der Waals surface area contributed by atoms with Crippen molar-refractivity contribution in [3.05, 3.63) is 134 Å². The van der Waals surface area contributed by atoms with E-state index in [4.69, 9.17) is 14.2 Å². The van der Waals surface area contributed by atoms with Gasteiger partial charge in [-0.25, -0.2) is 0 Å². The van der Waals surface area contributed by atoms with E-state index in [0.717, 1.165) is 109 Å². The second kappa shape index (κ2) is 65.1. The van der Waals surface area contributed by atoms with Crippen molar-refractivity contribution in [1.82, 2.24) is 0 Å². The fourth-order valence-electron chi connectivity index (χ4n) is 8.67. The third-order valence-electron chi connectivity index (χ3n) is 13.4. The van der Waals surface area contributed by atoms with Gasteiger partial charge in [0.05, 0.1) is 0 Å². The van der Waals surface area contributed by atoms with Crippen molar-refractivity contribution in [2.45, 2.75) is 290 Å². The smallest absolute Gasteiger partial charge is 0.306 e. The summed E-state index contributed by atoms with van der Waals surface area (Å²) in [5.41, 5.74) is 0. The molecule has 0 N–H and O–H groups in total. The fourth-order valence-corrected chi connectivity index (χ4v) is 8.67. The molecule has 0 aliphatic rings. The minimum absolute atomic E-state index is 0.102. The van der Waals surface area contributed by atoms with E-state index in [1.165, 1.54) is 128 Å². The van der Waals surface area contributed by atoms with Gasteiger partial charge in [-0.2, -0.15) is 0 Å². The number of carbonyl (C=O) groups excluding carboxylic acids is 3. The van der Waals surface area contributed by atoms with E-state index in [0.29, 0.717) is 19.3 Å². The summed E-state index contributed by atoms with van der Waals surface area (Å²) in [7, 11) is 0. The SMILES string of the molecule is CC/C=C\C/C=C\C/C=C\C/C=C\C/C=C\C/C=C\C/C=C\CCCCCCCCCCCCCC(=O)OCC(COC(=O)CC/C=C\C/C=C\C/C=C\C/C=C\CC)OC(=O)CCCCCCCCCCCCCCCC. The topological polar surface area (TPSA) is 78.9 Å². The molecule has 1 unspecified atom stereocenters. The summed E-state index contributed by atoms with van der Waals surface area (Å²) in [6.07, 6.45) is 92.0. The lowest BCUT2D eigenvalue weighted by Crippen LogP contribution is -2.30. The highest BCUT2D eigenvalue weighted by atomic mass is 16.6. The highest BCUT2D eigenvalue weighted by molar-refractivity contribution is 5.71. The molecule has 0 aromatic rings. The maximum atomic E-state index is 12.9. The Morgan fingerprint density at radius 3 is 0.859 bits per heavy atom. The zero-order chi connectivity index (χ0) is 56.4. The van der Waals surface area contributed by atoms with Crippen molar-refractivity contribution in [2.75, 3.05) is 13.2 Å². The molecule has 0 aliphatic heterocycles. The van der Waals surface area contributed by atoms with Gasteiger partial charge in [0, 0.05) is 19.3 Å². The van der Waals surface area contributed by atoms with Gasteiger partial charge in [-0.15, -0.1) is 0 Å². The minimum atomic E-state index is -0.809. The third-order valence-corrected chi connectivity index (χ3v) is 13.4. The van der Waals surface area contributed by atoms with Crippen molar-refractivity contribution >= 4 is 17.9 Å². The zero-order valence-electron chi connectivity index (χ0n) is 50.6. The zero-order valence-corrected chi connectivity index (χ0v) is 50.6. The molecule has 0 radical (unpaired) electrons. The monoisotopic (exact) mass is 1080 g/mol. The summed E-state index contributed by atoms with van der Waals surface area (Å²) in [6, 6.07) is 0. The normalized spacial score (nSPS) is 13.0. The summed E-state index contributed by atoms with van der Waals surface area (Å²) in [6.45, 7) is 6.35. The Kier molecular flexibility index (Phi) is 61.4. The summed E-state index contributed by atoms with van der Waals surface area (Å²) >= 11 is 0. The molecular formula is C72H118O6. The van der Waals surface area contributed by atoms with Crippen LogP contribution in [0.2, 0.25) is 0 Å². The summed E-state index contributed by atoms with van der Waals surface area (Å²) in [5, 5.41) is 0. The molecule has 0 spiro atoms. The van der Waals surface area contributed by atoms with E-state index < -0.39 is 6.10 Å². The summed E-state index contributed by atoms with van der Waals surface area (Å²) < 4.78 is 16.8. The number of unbranched alkanes of at least 4 members (excludes halogenated alkanes) is 24. The van der Waals surface area contributed by atoms with Gasteiger partial charge in [0.25, 0.3) is 0 Å². The van der Waals surface area contributed by atoms with Crippen molar-refractivity contribution in [3.8, 4) is 0 Å². The molecule has 78 heavy (non-hydrogen) atoms. The Morgan fingerprint density at radius 2 is 0.526 bits per heavy atom. The van der Waals surface area contributed by atoms with Crippen LogP contribution in [0.25, 0.3) is 0 Å². The van der Waals surface area contributed by atoms with Gasteiger partial charge in [-0.3, -0.25) is 14.4 Å². The minimum Gasteiger partial charge on any atom is -0.462 e. The first-order valence-corrected chi connectivity index (χ1v) is 32.2. The maximum Gasteiger partial charge on any atom is 0.306 e. The molecule has 0 saturated carbocycles. The maximum absolute atomic E-state index is 12.9. The van der Waals surface area contributed by atoms with Gasteiger partial charge < -0.3 is 14.2 Å². The Balaban J connectivity index is 4.25. The van der Waals surface area contributed by atoms with Gasteiger partial charge in [-0.1, -0.05) is 296 Å². The average Bonchev–Trinajstić information content (AvgIpc) is 3.44. The van der Waals surface area contributed by atoms with E-state index >= 15 is 0 Å². The van der Waals surface area contributed by atoms with E-state index in [2.05, 4.69) is 148 Å². The van der Waals surface area contributed by atoms with E-state index in [-0.39, 0.29) is 37.5 Å². The number of hydrogen-bond donors (Lipinski definition) is 0. The second-order valence-corrected chi connectivity index (χ2v) is 20.9. The van der Waals surface area contributed by atoms with Gasteiger partial charge in [-0.05, 0) is 103 Å². The van der Waals surface area contributed by atoms with Gasteiger partial charge in [0.1, 0.15) is 13.2 Å². The van der Waals surface area contributed by atoms with Crippen LogP contribution in [0.4, 0.5) is 0 Å². The Morgan fingerprint density at radius 1 is 0.269 bits per heavy atom. The van der Waals surface area contributed by atoms with Gasteiger partial charge in [0.2, 0.25) is 0 Å². The molecule has 6 nitrogen and oxygen atoms in total. The molecule has 1 atom stereocenters. The van der Waals surface area contributed by atoms with Gasteiger partial charge in [0.15, 0.2) is 6.10 Å². The van der Waals surface area contributed by atoms with Crippen molar-refractivity contribution in [1.29, 1.82) is 0 Å². The third kappa shape index (κ3) is 62.4. The van der Waals surface area contributed by atoms with Crippen molar-refractivity contribution < 1.29 is 28.6 Å². The van der Waals surface area contributed by atoms with Crippen LogP contribution in [0.5, 0.6) is 0 Å². The van der Waals surface area contributed by atoms with Crippen molar-refractivity contribution in [3.63, 3.8) is 0 Å². The molecule has 0 saturated heterocycles. The Hall–Kier alpha value is -4.45. The van der Waals surface area contributed by atoms with Crippen LogP contribution < -0.4 is 0 Å². The molecular weight excluding hydrogens is 961 g/mol. The number of esters is 3. The molecule has 6 heteroatoms. The lowest BCUT2D eigenvalue weighted by molar-refractivity contribution is -0.166. The van der Waals surface area contributed by atoms with Crippen LogP contribution in [-0.4, -0.2) is 37.2 Å². The average molecular weight is 1080 g/mol. The van der Waals surface area contributed by atoms with Crippen LogP contribution in [-0.2, 0) is 28.6 Å². The highest BCUT2D eigenvalue weighted by Gasteiger charge is 2.19. The Bertz CT molecular complexity index is 1670. The molecule has 0 fully saturated rings. The standard InChI is InChI=1S/C72H118O6/c1-4-7-10-13-16-19-22-25-27-28-29-30-31-32-33-34-35-36-37-38-39-40-41-42-43-44-45-48-50-53-56-59-62-65-71(74)77-68-69(67-76-70(73)64-61-58-55-52-49-46-24-21-18-15-12-9-6-3)78-72(75)66-63-60-57-54-51-47-26-23-20-17-14-11-8-5-2/h7,9-10,12,16,18-19,21,25,27,29-30,32-33,35-36,38-39,46,49,55,58,69H,4-6,8,11,13-15,17,20,22-24,26,28,31,34,37,40-45,47-48,50-54,56-57,59-68H2,1-3H3/b10-7-,12-9-,19-16-,21-18-,27-25-,30-29-,33-32-,36-35-,39-38-,49-46-,58-55-. The molecule has 442 valence electrons. The lowest BCUT2D eigenvalue weighted by atomic mass is 10.0. The first kappa shape index (κ1) is 73.5. The van der Waals surface area contributed by atoms with Crippen LogP contribution >= 0.6 is 0 Å². The molecule has 0 aliphatic carbocycles. The number of rotatable bonds is 57. The fraction of sp³-hybridized carbons (Fsp3) is 0.653. The largest absolute Gasteiger partial charge is 0.462 e. The number of hydrogen-bond acceptors (Lipinski definition) is 6. The lowest BCUT2D eigenvalue weighted by Gasteiger charge is -2.18. The summed E-state index contributed by atoms with van der Waals surface area (Å²) in [4.78, 5) is 38.2. The van der Waals surface area contributed by atoms with Crippen LogP contribution in [0.15, 0.2) is 134 Å². The van der Waals surface area contributed by atoms with Crippen LogP contribution in [0.1, 0.15) is 284 Å². The number of carbonyl (C=O) groups is 3. The molecule has 0 heterocycles. The van der Waals surface area contributed by atoms with Crippen LogP contribution in [0.3, 0.4) is 0 Å². The predicted octanol–water partition coefficient (Wildman–Crippen LogP) is 22.2. The van der Waals surface area contributed by atoms with Crippen LogP contribution in [0, 0.1) is 0 Å². The van der Waals surface area contributed by atoms with E-state index in [9.17, 15) is 14.4 Å². The van der Waals surface area contributed by atoms with E-state index in [1.54, 1.807) is 0 Å². The number of allylic oxidation sites excluding steroid dienone is 22. The quantitative estimate of drug-likeness (QED) is 0.0261. The molecule has 0 aromatic carbocycles. The molecule has 0 rings (SSSR count). The van der Waals surface area contributed by atoms with E-state index in [1.807, 2.05) is 6.08 Å². The molecule has 0 bridgehead atoms. The number of ether oxygens (including phenoxy) is 3. The Labute approximate surface area is 481 Å². The second-order valence-electron chi connectivity index (χ2n) is 20.9. The summed E-state index contributed by atoms with van der Waals surface area (Å²) in [5.74, 6) is -0.986. The highest BCUT2D eigenvalue weighted by Crippen LogP contribution is 2.16. The first-order valence-electron chi connectivity index (χ1n) is 32.2.